The molecule has 0 aliphatic carbocycles. The Hall–Kier alpha value is -2.00. The van der Waals surface area contributed by atoms with Crippen molar-refractivity contribution in [3.05, 3.63) is 57.6 Å². The fourth-order valence-corrected chi connectivity index (χ4v) is 2.89. The van der Waals surface area contributed by atoms with E-state index in [9.17, 15) is 4.79 Å². The van der Waals surface area contributed by atoms with Crippen LogP contribution in [0.2, 0.25) is 5.02 Å². The van der Waals surface area contributed by atoms with Crippen LogP contribution in [0.25, 0.3) is 0 Å². The zero-order valence-electron chi connectivity index (χ0n) is 14.9. The topological polar surface area (TPSA) is 38.3 Å². The van der Waals surface area contributed by atoms with E-state index in [1.165, 1.54) is 5.56 Å². The van der Waals surface area contributed by atoms with Gasteiger partial charge in [0.25, 0.3) is 5.91 Å². The molecule has 2 aromatic carbocycles. The van der Waals surface area contributed by atoms with Gasteiger partial charge in [0.2, 0.25) is 0 Å². The smallest absolute Gasteiger partial charge is 0.262 e. The first-order valence-electron chi connectivity index (χ1n) is 8.08. The van der Waals surface area contributed by atoms with Crippen molar-refractivity contribution >= 4 is 23.2 Å². The molecule has 0 unspecified atom stereocenters. The predicted molar refractivity (Wildman–Crippen MR) is 100 cm³/mol. The molecule has 0 atom stereocenters. The summed E-state index contributed by atoms with van der Waals surface area (Å²) in [6.07, 6.45) is 0. The van der Waals surface area contributed by atoms with E-state index in [0.29, 0.717) is 16.6 Å². The Labute approximate surface area is 149 Å². The maximum Gasteiger partial charge on any atom is 0.262 e. The van der Waals surface area contributed by atoms with E-state index in [1.807, 2.05) is 45.0 Å². The molecule has 128 valence electrons. The van der Waals surface area contributed by atoms with Crippen LogP contribution in [0, 0.1) is 20.8 Å². The summed E-state index contributed by atoms with van der Waals surface area (Å²) in [4.78, 5) is 12.2. The van der Waals surface area contributed by atoms with Crippen LogP contribution < -0.4 is 10.1 Å². The lowest BCUT2D eigenvalue weighted by molar-refractivity contribution is -0.118. The van der Waals surface area contributed by atoms with Crippen molar-refractivity contribution in [2.75, 3.05) is 11.9 Å². The highest BCUT2D eigenvalue weighted by Crippen LogP contribution is 2.28. The molecule has 0 aliphatic rings. The molecule has 1 amide bonds. The first-order valence-corrected chi connectivity index (χ1v) is 8.45. The molecule has 24 heavy (non-hydrogen) atoms. The summed E-state index contributed by atoms with van der Waals surface area (Å²) in [5.74, 6) is 0.928. The molecule has 0 heterocycles. The summed E-state index contributed by atoms with van der Waals surface area (Å²) in [7, 11) is 0. The van der Waals surface area contributed by atoms with Gasteiger partial charge < -0.3 is 10.1 Å². The maximum atomic E-state index is 12.2. The van der Waals surface area contributed by atoms with E-state index in [-0.39, 0.29) is 12.5 Å². The maximum absolute atomic E-state index is 12.2. The lowest BCUT2D eigenvalue weighted by atomic mass is 10.0. The lowest BCUT2D eigenvalue weighted by Gasteiger charge is -2.14. The van der Waals surface area contributed by atoms with Gasteiger partial charge in [0.05, 0.1) is 10.7 Å². The SMILES string of the molecule is Cc1cc(C)c(NC(=O)COc2cc(C(C)C)ccc2C)c(Cl)c1. The lowest BCUT2D eigenvalue weighted by Crippen LogP contribution is -2.21. The summed E-state index contributed by atoms with van der Waals surface area (Å²) < 4.78 is 5.71. The molecule has 4 heteroatoms. The monoisotopic (exact) mass is 345 g/mol. The van der Waals surface area contributed by atoms with Gasteiger partial charge in [0, 0.05) is 0 Å². The third-order valence-electron chi connectivity index (χ3n) is 3.93. The van der Waals surface area contributed by atoms with Gasteiger partial charge in [-0.05, 0) is 61.1 Å². The van der Waals surface area contributed by atoms with E-state index >= 15 is 0 Å². The van der Waals surface area contributed by atoms with E-state index in [2.05, 4.69) is 25.2 Å². The van der Waals surface area contributed by atoms with Crippen LogP contribution in [0.15, 0.2) is 30.3 Å². The number of rotatable bonds is 5. The number of benzene rings is 2. The first kappa shape index (κ1) is 18.3. The van der Waals surface area contributed by atoms with E-state index in [0.717, 1.165) is 22.4 Å². The Morgan fingerprint density at radius 3 is 2.46 bits per heavy atom. The van der Waals surface area contributed by atoms with E-state index in [4.69, 9.17) is 16.3 Å². The predicted octanol–water partition coefficient (Wildman–Crippen LogP) is 5.41. The minimum atomic E-state index is -0.224. The van der Waals surface area contributed by atoms with Gasteiger partial charge in [-0.2, -0.15) is 0 Å². The van der Waals surface area contributed by atoms with Crippen LogP contribution in [0.4, 0.5) is 5.69 Å². The number of halogens is 1. The Kier molecular flexibility index (Phi) is 5.89. The van der Waals surface area contributed by atoms with Crippen molar-refractivity contribution in [1.29, 1.82) is 0 Å². The van der Waals surface area contributed by atoms with Crippen LogP contribution in [-0.4, -0.2) is 12.5 Å². The molecule has 0 spiro atoms. The van der Waals surface area contributed by atoms with Gasteiger partial charge >= 0.3 is 0 Å². The highest BCUT2D eigenvalue weighted by atomic mass is 35.5. The number of hydrogen-bond donors (Lipinski definition) is 1. The van der Waals surface area contributed by atoms with Crippen molar-refractivity contribution in [3.63, 3.8) is 0 Å². The Balaban J connectivity index is 2.05. The number of hydrogen-bond acceptors (Lipinski definition) is 2. The van der Waals surface area contributed by atoms with Gasteiger partial charge in [-0.15, -0.1) is 0 Å². The number of carbonyl (C=O) groups is 1. The third kappa shape index (κ3) is 4.51. The van der Waals surface area contributed by atoms with Crippen LogP contribution in [0.5, 0.6) is 5.75 Å². The van der Waals surface area contributed by atoms with E-state index < -0.39 is 0 Å². The number of carbonyl (C=O) groups excluding carboxylic acids is 1. The number of amides is 1. The fraction of sp³-hybridized carbons (Fsp3) is 0.350. The van der Waals surface area contributed by atoms with Crippen molar-refractivity contribution in [2.45, 2.75) is 40.5 Å². The quantitative estimate of drug-likeness (QED) is 0.787. The zero-order valence-corrected chi connectivity index (χ0v) is 15.6. The van der Waals surface area contributed by atoms with Gasteiger partial charge in [0.15, 0.2) is 6.61 Å². The summed E-state index contributed by atoms with van der Waals surface area (Å²) in [6, 6.07) is 9.92. The number of anilines is 1. The van der Waals surface area contributed by atoms with Gasteiger partial charge in [-0.1, -0.05) is 43.6 Å². The second kappa shape index (κ2) is 7.71. The molecule has 2 rings (SSSR count). The molecule has 1 N–H and O–H groups in total. The molecule has 0 aromatic heterocycles. The molecule has 2 aromatic rings. The normalized spacial score (nSPS) is 10.8. The van der Waals surface area contributed by atoms with Crippen LogP contribution in [0.3, 0.4) is 0 Å². The van der Waals surface area contributed by atoms with Crippen LogP contribution in [-0.2, 0) is 4.79 Å². The van der Waals surface area contributed by atoms with Gasteiger partial charge in [-0.25, -0.2) is 0 Å². The Bertz CT molecular complexity index is 730. The highest BCUT2D eigenvalue weighted by Gasteiger charge is 2.11. The summed E-state index contributed by atoms with van der Waals surface area (Å²) >= 11 is 6.22. The minimum absolute atomic E-state index is 0.0496. The third-order valence-corrected chi connectivity index (χ3v) is 4.23. The highest BCUT2D eigenvalue weighted by molar-refractivity contribution is 6.34. The van der Waals surface area contributed by atoms with Gasteiger partial charge in [-0.3, -0.25) is 4.79 Å². The standard InChI is InChI=1S/C20H24ClNO2/c1-12(2)16-7-6-14(4)18(10-16)24-11-19(23)22-20-15(5)8-13(3)9-17(20)21/h6-10,12H,11H2,1-5H3,(H,22,23). The molecule has 3 nitrogen and oxygen atoms in total. The second-order valence-corrected chi connectivity index (χ2v) is 6.86. The van der Waals surface area contributed by atoms with Crippen LogP contribution >= 0.6 is 11.6 Å². The molecule has 0 saturated heterocycles. The van der Waals surface area contributed by atoms with Crippen molar-refractivity contribution in [2.24, 2.45) is 0 Å². The zero-order chi connectivity index (χ0) is 17.9. The Morgan fingerprint density at radius 2 is 1.83 bits per heavy atom. The molecular formula is C20H24ClNO2. The van der Waals surface area contributed by atoms with Crippen molar-refractivity contribution in [1.82, 2.24) is 0 Å². The number of aryl methyl sites for hydroxylation is 3. The molecule has 0 saturated carbocycles. The molecule has 0 radical (unpaired) electrons. The van der Waals surface area contributed by atoms with Crippen molar-refractivity contribution < 1.29 is 9.53 Å². The minimum Gasteiger partial charge on any atom is -0.483 e. The van der Waals surface area contributed by atoms with Gasteiger partial charge in [0.1, 0.15) is 5.75 Å². The summed E-state index contributed by atoms with van der Waals surface area (Å²) in [5, 5.41) is 3.38. The first-order chi connectivity index (χ1) is 11.3. The number of ether oxygens (including phenoxy) is 1. The van der Waals surface area contributed by atoms with Crippen LogP contribution in [0.1, 0.15) is 42.0 Å². The average Bonchev–Trinajstić information content (AvgIpc) is 2.49. The Morgan fingerprint density at radius 1 is 1.12 bits per heavy atom. The summed E-state index contributed by atoms with van der Waals surface area (Å²) in [6.45, 7) is 10.1. The molecule has 0 bridgehead atoms. The number of nitrogens with one attached hydrogen (secondary N) is 1. The van der Waals surface area contributed by atoms with Crippen molar-refractivity contribution in [3.8, 4) is 5.75 Å². The largest absolute Gasteiger partial charge is 0.483 e. The summed E-state index contributed by atoms with van der Waals surface area (Å²) in [5.41, 5.74) is 4.84. The average molecular weight is 346 g/mol. The molecule has 0 aliphatic heterocycles. The molecule has 0 fully saturated rings. The fourth-order valence-electron chi connectivity index (χ4n) is 2.52. The second-order valence-electron chi connectivity index (χ2n) is 6.46. The molecular weight excluding hydrogens is 322 g/mol. The van der Waals surface area contributed by atoms with E-state index in [1.54, 1.807) is 0 Å².